The molecule has 0 rings (SSSR count). The van der Waals surface area contributed by atoms with Crippen LogP contribution in [0.3, 0.4) is 0 Å². The molecule has 0 fully saturated rings. The quantitative estimate of drug-likeness (QED) is 0.709. The van der Waals surface area contributed by atoms with Crippen molar-refractivity contribution in [2.24, 2.45) is 0 Å². The lowest BCUT2D eigenvalue weighted by atomic mass is 10.5. The summed E-state index contributed by atoms with van der Waals surface area (Å²) in [6.07, 6.45) is 0.830. The van der Waals surface area contributed by atoms with Crippen LogP contribution in [-0.4, -0.2) is 46.2 Å². The Morgan fingerprint density at radius 3 is 1.67 bits per heavy atom. The lowest BCUT2D eigenvalue weighted by Gasteiger charge is -2.39. The molecule has 0 saturated heterocycles. The molecule has 0 amide bonds. The molecule has 0 aromatic carbocycles. The smallest absolute Gasteiger partial charge is 0.329 e. The van der Waals surface area contributed by atoms with Crippen molar-refractivity contribution < 1.29 is 18.4 Å². The van der Waals surface area contributed by atoms with Crippen LogP contribution in [0.4, 0.5) is 0 Å². The minimum absolute atomic E-state index is 0.0250. The van der Waals surface area contributed by atoms with Gasteiger partial charge in [0.15, 0.2) is 0 Å². The first kappa shape index (κ1) is 18.5. The summed E-state index contributed by atoms with van der Waals surface area (Å²) in [5.41, 5.74) is -0.136. The van der Waals surface area contributed by atoms with Crippen LogP contribution in [0.1, 0.15) is 20.3 Å². The van der Waals surface area contributed by atoms with Crippen LogP contribution in [-0.2, 0) is 8.85 Å². The topological polar surface area (TPSA) is 58.9 Å². The standard InChI is InChI=1S/C11H30O4Si3/c1-9-11(15-18(7,8)13)17(5,6)14-10(2)16(3,4)12/h10-13H,9H2,1-8H3. The van der Waals surface area contributed by atoms with Gasteiger partial charge in [-0.1, -0.05) is 6.92 Å². The summed E-state index contributed by atoms with van der Waals surface area (Å²) in [5.74, 6) is 0. The molecule has 0 aliphatic carbocycles. The van der Waals surface area contributed by atoms with Crippen LogP contribution >= 0.6 is 0 Å². The molecule has 4 nitrogen and oxygen atoms in total. The summed E-state index contributed by atoms with van der Waals surface area (Å²) < 4.78 is 12.0. The molecule has 0 bridgehead atoms. The Labute approximate surface area is 115 Å². The summed E-state index contributed by atoms with van der Waals surface area (Å²) in [6, 6.07) is 0. The maximum absolute atomic E-state index is 10.1. The molecule has 0 radical (unpaired) electrons. The highest BCUT2D eigenvalue weighted by atomic mass is 28.4. The van der Waals surface area contributed by atoms with Crippen molar-refractivity contribution in [2.75, 3.05) is 0 Å². The van der Waals surface area contributed by atoms with Gasteiger partial charge in [0.25, 0.3) is 0 Å². The summed E-state index contributed by atoms with van der Waals surface area (Å²) in [6.45, 7) is 15.5. The van der Waals surface area contributed by atoms with Gasteiger partial charge in [0.05, 0.1) is 11.5 Å². The largest absolute Gasteiger partial charge is 0.430 e. The van der Waals surface area contributed by atoms with Gasteiger partial charge in [-0.2, -0.15) is 0 Å². The molecular weight excluding hydrogens is 280 g/mol. The second-order valence-electron chi connectivity index (χ2n) is 6.48. The molecule has 0 spiro atoms. The van der Waals surface area contributed by atoms with Gasteiger partial charge in [-0.05, 0) is 52.6 Å². The number of hydrogen-bond acceptors (Lipinski definition) is 4. The predicted molar refractivity (Wildman–Crippen MR) is 82.6 cm³/mol. The van der Waals surface area contributed by atoms with Gasteiger partial charge >= 0.3 is 8.56 Å². The number of hydrogen-bond donors (Lipinski definition) is 2. The Hall–Kier alpha value is 0.491. The third kappa shape index (κ3) is 6.60. The highest BCUT2D eigenvalue weighted by molar-refractivity contribution is 6.76. The van der Waals surface area contributed by atoms with Crippen molar-refractivity contribution in [3.63, 3.8) is 0 Å². The molecule has 18 heavy (non-hydrogen) atoms. The highest BCUT2D eigenvalue weighted by Gasteiger charge is 2.41. The molecule has 7 heteroatoms. The molecular formula is C11H30O4Si3. The molecule has 0 heterocycles. The highest BCUT2D eigenvalue weighted by Crippen LogP contribution is 2.23. The lowest BCUT2D eigenvalue weighted by molar-refractivity contribution is 0.158. The average Bonchev–Trinajstić information content (AvgIpc) is 2.10. The summed E-state index contributed by atoms with van der Waals surface area (Å²) in [4.78, 5) is 20.0. The molecule has 2 unspecified atom stereocenters. The third-order valence-corrected chi connectivity index (χ3v) is 9.53. The van der Waals surface area contributed by atoms with Crippen LogP contribution in [0.5, 0.6) is 0 Å². The van der Waals surface area contributed by atoms with E-state index in [0.717, 1.165) is 6.42 Å². The van der Waals surface area contributed by atoms with E-state index in [9.17, 15) is 9.59 Å². The fourth-order valence-corrected chi connectivity index (χ4v) is 8.72. The molecule has 0 aliphatic rings. The monoisotopic (exact) mass is 310 g/mol. The van der Waals surface area contributed by atoms with Crippen molar-refractivity contribution >= 4 is 25.2 Å². The van der Waals surface area contributed by atoms with E-state index in [-0.39, 0.29) is 11.5 Å². The maximum atomic E-state index is 10.1. The van der Waals surface area contributed by atoms with Crippen molar-refractivity contribution in [2.45, 2.75) is 71.0 Å². The molecule has 110 valence electrons. The zero-order chi connectivity index (χ0) is 14.8. The Kier molecular flexibility index (Phi) is 6.47. The van der Waals surface area contributed by atoms with Gasteiger partial charge in [-0.15, -0.1) is 0 Å². The lowest BCUT2D eigenvalue weighted by Crippen LogP contribution is -2.56. The van der Waals surface area contributed by atoms with E-state index in [4.69, 9.17) is 8.85 Å². The first-order valence-corrected chi connectivity index (χ1v) is 15.5. The molecule has 2 atom stereocenters. The van der Waals surface area contributed by atoms with Gasteiger partial charge in [0.1, 0.15) is 0 Å². The van der Waals surface area contributed by atoms with E-state index in [1.807, 2.05) is 20.0 Å². The van der Waals surface area contributed by atoms with Crippen molar-refractivity contribution in [3.05, 3.63) is 0 Å². The van der Waals surface area contributed by atoms with E-state index >= 15 is 0 Å². The van der Waals surface area contributed by atoms with Crippen LogP contribution in [0, 0.1) is 0 Å². The predicted octanol–water partition coefficient (Wildman–Crippen LogP) is 2.36. The Morgan fingerprint density at radius 2 is 1.39 bits per heavy atom. The second kappa shape index (κ2) is 6.29. The van der Waals surface area contributed by atoms with Gasteiger partial charge in [0.2, 0.25) is 16.6 Å². The van der Waals surface area contributed by atoms with Gasteiger partial charge in [-0.3, -0.25) is 0 Å². The van der Waals surface area contributed by atoms with E-state index < -0.39 is 25.2 Å². The van der Waals surface area contributed by atoms with Crippen LogP contribution in [0.2, 0.25) is 39.3 Å². The summed E-state index contributed by atoms with van der Waals surface area (Å²) >= 11 is 0. The Bertz CT molecular complexity index is 258. The van der Waals surface area contributed by atoms with Gasteiger partial charge in [0, 0.05) is 0 Å². The fraction of sp³-hybridized carbons (Fsp3) is 1.00. The van der Waals surface area contributed by atoms with E-state index in [1.165, 1.54) is 0 Å². The van der Waals surface area contributed by atoms with Crippen LogP contribution in [0.15, 0.2) is 0 Å². The Morgan fingerprint density at radius 1 is 0.944 bits per heavy atom. The summed E-state index contributed by atoms with van der Waals surface area (Å²) in [5, 5.41) is 0. The maximum Gasteiger partial charge on any atom is 0.329 e. The molecule has 0 aliphatic heterocycles. The normalized spacial score (nSPS) is 17.7. The SMILES string of the molecule is CCC(O[Si](C)(C)O)[Si](C)(C)OC(C)[Si](C)(C)O. The van der Waals surface area contributed by atoms with E-state index in [1.54, 1.807) is 13.1 Å². The minimum atomic E-state index is -2.54. The van der Waals surface area contributed by atoms with Crippen molar-refractivity contribution in [3.8, 4) is 0 Å². The van der Waals surface area contributed by atoms with Gasteiger partial charge in [-0.25, -0.2) is 0 Å². The fourth-order valence-electron chi connectivity index (χ4n) is 1.74. The zero-order valence-electron chi connectivity index (χ0n) is 13.1. The van der Waals surface area contributed by atoms with Crippen molar-refractivity contribution in [1.82, 2.24) is 0 Å². The van der Waals surface area contributed by atoms with Crippen LogP contribution < -0.4 is 0 Å². The molecule has 0 aromatic heterocycles. The third-order valence-electron chi connectivity index (χ3n) is 3.05. The Balaban J connectivity index is 4.77. The first-order valence-electron chi connectivity index (χ1n) is 6.60. The van der Waals surface area contributed by atoms with Gasteiger partial charge < -0.3 is 18.4 Å². The average molecular weight is 311 g/mol. The van der Waals surface area contributed by atoms with Crippen molar-refractivity contribution in [1.29, 1.82) is 0 Å². The minimum Gasteiger partial charge on any atom is -0.430 e. The van der Waals surface area contributed by atoms with E-state index in [2.05, 4.69) is 20.0 Å². The van der Waals surface area contributed by atoms with E-state index in [0.29, 0.717) is 0 Å². The number of rotatable bonds is 7. The molecule has 0 saturated carbocycles. The zero-order valence-corrected chi connectivity index (χ0v) is 16.1. The first-order chi connectivity index (χ1) is 7.79. The summed E-state index contributed by atoms with van der Waals surface area (Å²) in [7, 11) is -6.91. The molecule has 2 N–H and O–H groups in total. The molecule has 0 aromatic rings. The second-order valence-corrected chi connectivity index (χ2v) is 17.8. The van der Waals surface area contributed by atoms with Crippen LogP contribution in [0.25, 0.3) is 0 Å².